The molecular formula is C20H23F2N3O. The molecule has 2 aromatic rings. The van der Waals surface area contributed by atoms with Crippen molar-refractivity contribution in [3.05, 3.63) is 70.8 Å². The van der Waals surface area contributed by atoms with E-state index in [1.54, 1.807) is 4.90 Å². The van der Waals surface area contributed by atoms with E-state index in [1.165, 1.54) is 18.2 Å². The van der Waals surface area contributed by atoms with Gasteiger partial charge in [0.15, 0.2) is 0 Å². The predicted molar refractivity (Wildman–Crippen MR) is 96.7 cm³/mol. The molecule has 3 rings (SSSR count). The highest BCUT2D eigenvalue weighted by molar-refractivity contribution is 5.74. The molecule has 0 aromatic heterocycles. The van der Waals surface area contributed by atoms with Gasteiger partial charge >= 0.3 is 6.03 Å². The highest BCUT2D eigenvalue weighted by Crippen LogP contribution is 2.30. The summed E-state index contributed by atoms with van der Waals surface area (Å²) >= 11 is 0. The third-order valence-corrected chi connectivity index (χ3v) is 4.78. The van der Waals surface area contributed by atoms with Crippen LogP contribution in [-0.2, 0) is 13.0 Å². The molecule has 1 aliphatic rings. The third kappa shape index (κ3) is 4.19. The van der Waals surface area contributed by atoms with E-state index in [0.29, 0.717) is 32.6 Å². The van der Waals surface area contributed by atoms with Gasteiger partial charge in [-0.1, -0.05) is 30.3 Å². The number of nitrogens with two attached hydrogens (primary N) is 1. The third-order valence-electron chi connectivity index (χ3n) is 4.78. The second kappa shape index (κ2) is 8.27. The zero-order valence-electron chi connectivity index (χ0n) is 14.6. The molecule has 1 saturated heterocycles. The number of halogens is 2. The van der Waals surface area contributed by atoms with Gasteiger partial charge in [-0.2, -0.15) is 0 Å². The van der Waals surface area contributed by atoms with Crippen LogP contribution in [0.4, 0.5) is 13.6 Å². The van der Waals surface area contributed by atoms with Crippen LogP contribution in [0, 0.1) is 11.6 Å². The number of hydrogen-bond acceptors (Lipinski definition) is 2. The predicted octanol–water partition coefficient (Wildman–Crippen LogP) is 3.17. The number of nitrogens with zero attached hydrogens (tertiary/aromatic N) is 1. The summed E-state index contributed by atoms with van der Waals surface area (Å²) in [5.41, 5.74) is 7.77. The molecule has 0 spiro atoms. The monoisotopic (exact) mass is 359 g/mol. The van der Waals surface area contributed by atoms with Gasteiger partial charge in [-0.3, -0.25) is 0 Å². The molecule has 0 aliphatic carbocycles. The lowest BCUT2D eigenvalue weighted by atomic mass is 9.97. The summed E-state index contributed by atoms with van der Waals surface area (Å²) in [6, 6.07) is 11.6. The number of likely N-dealkylation sites (tertiary alicyclic amines) is 1. The van der Waals surface area contributed by atoms with Crippen LogP contribution in [0.2, 0.25) is 0 Å². The van der Waals surface area contributed by atoms with Gasteiger partial charge < -0.3 is 16.0 Å². The van der Waals surface area contributed by atoms with Crippen molar-refractivity contribution in [3.63, 3.8) is 0 Å². The van der Waals surface area contributed by atoms with Crippen LogP contribution < -0.4 is 11.1 Å². The Labute approximate surface area is 152 Å². The zero-order chi connectivity index (χ0) is 18.5. The Kier molecular flexibility index (Phi) is 5.83. The summed E-state index contributed by atoms with van der Waals surface area (Å²) in [6.07, 6.45) is 1.38. The van der Waals surface area contributed by atoms with Crippen LogP contribution >= 0.6 is 0 Å². The van der Waals surface area contributed by atoms with E-state index in [1.807, 2.05) is 24.3 Å². The Morgan fingerprint density at radius 2 is 1.77 bits per heavy atom. The lowest BCUT2D eigenvalue weighted by Crippen LogP contribution is -2.38. The second-order valence-electron chi connectivity index (χ2n) is 6.58. The molecule has 1 aliphatic heterocycles. The number of amides is 2. The Bertz CT molecular complexity index is 744. The molecule has 2 aromatic carbocycles. The summed E-state index contributed by atoms with van der Waals surface area (Å²) in [6.45, 7) is 1.82. The first-order valence-corrected chi connectivity index (χ1v) is 8.83. The maximum absolute atomic E-state index is 13.9. The number of carbonyl (C=O) groups excluding carboxylic acids is 1. The molecule has 1 atom stereocenters. The molecule has 0 radical (unpaired) electrons. The molecule has 6 heteroatoms. The Balaban J connectivity index is 1.55. The molecule has 0 bridgehead atoms. The van der Waals surface area contributed by atoms with E-state index in [9.17, 15) is 13.6 Å². The van der Waals surface area contributed by atoms with Crippen LogP contribution in [0.1, 0.15) is 29.0 Å². The maximum Gasteiger partial charge on any atom is 0.317 e. The van der Waals surface area contributed by atoms with Crippen molar-refractivity contribution in [2.24, 2.45) is 5.73 Å². The van der Waals surface area contributed by atoms with Crippen molar-refractivity contribution < 1.29 is 13.6 Å². The fraction of sp³-hybridized carbons (Fsp3) is 0.350. The van der Waals surface area contributed by atoms with Crippen molar-refractivity contribution in [1.82, 2.24) is 10.2 Å². The van der Waals surface area contributed by atoms with Gasteiger partial charge in [0.2, 0.25) is 0 Å². The highest BCUT2D eigenvalue weighted by Gasteiger charge is 2.30. The quantitative estimate of drug-likeness (QED) is 0.862. The van der Waals surface area contributed by atoms with Crippen molar-refractivity contribution in [1.29, 1.82) is 0 Å². The molecule has 1 fully saturated rings. The van der Waals surface area contributed by atoms with Gasteiger partial charge in [0.05, 0.1) is 0 Å². The molecule has 138 valence electrons. The maximum atomic E-state index is 13.9. The van der Waals surface area contributed by atoms with E-state index >= 15 is 0 Å². The number of hydrogen-bond donors (Lipinski definition) is 2. The molecule has 1 heterocycles. The molecule has 4 nitrogen and oxygen atoms in total. The van der Waals surface area contributed by atoms with Gasteiger partial charge in [0.25, 0.3) is 0 Å². The van der Waals surface area contributed by atoms with E-state index < -0.39 is 11.6 Å². The zero-order valence-corrected chi connectivity index (χ0v) is 14.6. The minimum atomic E-state index is -0.546. The van der Waals surface area contributed by atoms with Gasteiger partial charge in [-0.25, -0.2) is 13.6 Å². The van der Waals surface area contributed by atoms with Crippen LogP contribution in [0.15, 0.2) is 42.5 Å². The van der Waals surface area contributed by atoms with Crippen molar-refractivity contribution >= 4 is 6.03 Å². The van der Waals surface area contributed by atoms with Gasteiger partial charge in [-0.05, 0) is 42.6 Å². The van der Waals surface area contributed by atoms with Crippen LogP contribution in [0.25, 0.3) is 0 Å². The first-order chi connectivity index (χ1) is 12.6. The molecule has 2 amide bonds. The van der Waals surface area contributed by atoms with Gasteiger partial charge in [0.1, 0.15) is 11.6 Å². The SMILES string of the molecule is NCCc1ccc(CNC(=O)N2CCC(c3c(F)cccc3F)C2)cc1. The fourth-order valence-electron chi connectivity index (χ4n) is 3.36. The lowest BCUT2D eigenvalue weighted by molar-refractivity contribution is 0.207. The van der Waals surface area contributed by atoms with Crippen LogP contribution in [0.3, 0.4) is 0 Å². The van der Waals surface area contributed by atoms with Crippen LogP contribution in [0.5, 0.6) is 0 Å². The Hall–Kier alpha value is -2.47. The summed E-state index contributed by atoms with van der Waals surface area (Å²) in [4.78, 5) is 14.0. The minimum Gasteiger partial charge on any atom is -0.334 e. The van der Waals surface area contributed by atoms with Crippen molar-refractivity contribution in [3.8, 4) is 0 Å². The largest absolute Gasteiger partial charge is 0.334 e. The summed E-state index contributed by atoms with van der Waals surface area (Å²) in [7, 11) is 0. The van der Waals surface area contributed by atoms with Crippen molar-refractivity contribution in [2.75, 3.05) is 19.6 Å². The molecule has 3 N–H and O–H groups in total. The minimum absolute atomic E-state index is 0.0818. The number of rotatable bonds is 5. The van der Waals surface area contributed by atoms with Gasteiger partial charge in [-0.15, -0.1) is 0 Å². The fourth-order valence-corrected chi connectivity index (χ4v) is 3.36. The van der Waals surface area contributed by atoms with E-state index in [-0.39, 0.29) is 17.5 Å². The molecule has 26 heavy (non-hydrogen) atoms. The first-order valence-electron chi connectivity index (χ1n) is 8.83. The molecular weight excluding hydrogens is 336 g/mol. The molecule has 0 saturated carbocycles. The smallest absolute Gasteiger partial charge is 0.317 e. The standard InChI is InChI=1S/C20H23F2N3O/c21-17-2-1-3-18(22)19(17)16-9-11-25(13-16)20(26)24-12-15-6-4-14(5-7-15)8-10-23/h1-7,16H,8-13,23H2,(H,24,26). The second-order valence-corrected chi connectivity index (χ2v) is 6.58. The lowest BCUT2D eigenvalue weighted by Gasteiger charge is -2.18. The Morgan fingerprint density at radius 3 is 2.42 bits per heavy atom. The molecule has 1 unspecified atom stereocenters. The van der Waals surface area contributed by atoms with E-state index in [2.05, 4.69) is 5.32 Å². The van der Waals surface area contributed by atoms with Crippen LogP contribution in [-0.4, -0.2) is 30.6 Å². The number of urea groups is 1. The van der Waals surface area contributed by atoms with E-state index in [0.717, 1.165) is 17.5 Å². The summed E-state index contributed by atoms with van der Waals surface area (Å²) in [5.74, 6) is -1.40. The number of carbonyl (C=O) groups is 1. The number of nitrogens with one attached hydrogen (secondary N) is 1. The highest BCUT2D eigenvalue weighted by atomic mass is 19.1. The summed E-state index contributed by atoms with van der Waals surface area (Å²) in [5, 5.41) is 2.87. The van der Waals surface area contributed by atoms with Gasteiger partial charge in [0, 0.05) is 31.1 Å². The van der Waals surface area contributed by atoms with E-state index in [4.69, 9.17) is 5.73 Å². The Morgan fingerprint density at radius 1 is 1.12 bits per heavy atom. The first kappa shape index (κ1) is 18.3. The topological polar surface area (TPSA) is 58.4 Å². The normalized spacial score (nSPS) is 16.7. The summed E-state index contributed by atoms with van der Waals surface area (Å²) < 4.78 is 27.8. The van der Waals surface area contributed by atoms with Crippen molar-refractivity contribution in [2.45, 2.75) is 25.3 Å². The average Bonchev–Trinajstić information content (AvgIpc) is 3.11. The number of benzene rings is 2. The average molecular weight is 359 g/mol.